The van der Waals surface area contributed by atoms with Crippen molar-refractivity contribution in [1.29, 1.82) is 0 Å². The van der Waals surface area contributed by atoms with Crippen molar-refractivity contribution in [2.45, 2.75) is 300 Å². The van der Waals surface area contributed by atoms with Crippen LogP contribution in [0.4, 0.5) is 0 Å². The van der Waals surface area contributed by atoms with Gasteiger partial charge in [-0.3, -0.25) is 4.79 Å². The predicted octanol–water partition coefficient (Wildman–Crippen LogP) is 11.4. The van der Waals surface area contributed by atoms with E-state index in [0.717, 1.165) is 38.5 Å². The molecular weight excluding hydrogens is 775 g/mol. The molecule has 0 spiro atoms. The fourth-order valence-electron chi connectivity index (χ4n) is 8.61. The zero-order valence-electron chi connectivity index (χ0n) is 39.1. The van der Waals surface area contributed by atoms with Crippen molar-refractivity contribution in [2.24, 2.45) is 0 Å². The summed E-state index contributed by atoms with van der Waals surface area (Å²) in [7, 11) is 0. The van der Waals surface area contributed by atoms with Crippen molar-refractivity contribution in [3.63, 3.8) is 0 Å². The zero-order valence-corrected chi connectivity index (χ0v) is 40.0. The van der Waals surface area contributed by atoms with E-state index in [4.69, 9.17) is 9.47 Å². The van der Waals surface area contributed by atoms with E-state index >= 15 is 0 Å². The minimum absolute atomic E-state index is 0.102. The number of carbonyl (C=O) groups excluding carboxylic acids is 1. The average molecular weight is 874 g/mol. The topological polar surface area (TPSA) is 149 Å². The summed E-state index contributed by atoms with van der Waals surface area (Å²) in [6, 6.07) is -0.941. The van der Waals surface area contributed by atoms with Crippen LogP contribution in [0, 0.1) is 0 Å². The Hall–Kier alpha value is -0.460. The van der Waals surface area contributed by atoms with Crippen LogP contribution >= 0.6 is 12.6 Å². The molecule has 1 aliphatic rings. The van der Waals surface area contributed by atoms with Crippen LogP contribution in [0.3, 0.4) is 0 Å². The second-order valence-corrected chi connectivity index (χ2v) is 18.8. The highest BCUT2D eigenvalue weighted by atomic mass is 32.1. The molecule has 0 radical (unpaired) electrons. The van der Waals surface area contributed by atoms with Gasteiger partial charge < -0.3 is 40.3 Å². The molecule has 0 aliphatic carbocycles. The smallest absolute Gasteiger partial charge is 0.220 e. The van der Waals surface area contributed by atoms with E-state index in [2.05, 4.69) is 31.8 Å². The maximum absolute atomic E-state index is 13.1. The first kappa shape index (κ1) is 57.6. The van der Waals surface area contributed by atoms with E-state index < -0.39 is 49.0 Å². The van der Waals surface area contributed by atoms with Gasteiger partial charge in [-0.25, -0.2) is 0 Å². The van der Waals surface area contributed by atoms with Gasteiger partial charge >= 0.3 is 0 Å². The van der Waals surface area contributed by atoms with Crippen LogP contribution < -0.4 is 5.32 Å². The number of amides is 1. The molecule has 10 heteroatoms. The maximum atomic E-state index is 13.1. The number of carbonyl (C=O) groups is 1. The molecule has 1 saturated heterocycles. The molecule has 0 saturated carbocycles. The Balaban J connectivity index is 2.26. The molecular formula is C50H99NO8S. The Labute approximate surface area is 375 Å². The molecule has 1 heterocycles. The number of unbranched alkanes of at least 4 members (excludes halogenated alkanes) is 33. The van der Waals surface area contributed by atoms with E-state index in [-0.39, 0.29) is 18.3 Å². The molecule has 8 atom stereocenters. The molecule has 0 aromatic rings. The average Bonchev–Trinajstić information content (AvgIpc) is 3.25. The van der Waals surface area contributed by atoms with Crippen LogP contribution in [-0.4, -0.2) is 92.8 Å². The van der Waals surface area contributed by atoms with E-state index in [1.54, 1.807) is 0 Å². The quantitative estimate of drug-likeness (QED) is 0.0236. The summed E-state index contributed by atoms with van der Waals surface area (Å²) in [5, 5.41) is 56.0. The van der Waals surface area contributed by atoms with Crippen LogP contribution in [0.25, 0.3) is 0 Å². The van der Waals surface area contributed by atoms with Gasteiger partial charge in [0.05, 0.1) is 24.9 Å². The first-order valence-electron chi connectivity index (χ1n) is 25.8. The van der Waals surface area contributed by atoms with Gasteiger partial charge in [0.25, 0.3) is 0 Å². The second kappa shape index (κ2) is 41.3. The Kier molecular flexibility index (Phi) is 39.6. The molecule has 0 aromatic carbocycles. The minimum Gasteiger partial charge on any atom is -0.390 e. The summed E-state index contributed by atoms with van der Waals surface area (Å²) in [5.74, 6) is -0.122. The highest BCUT2D eigenvalue weighted by Gasteiger charge is 2.44. The van der Waals surface area contributed by atoms with E-state index in [1.165, 1.54) is 186 Å². The molecule has 9 nitrogen and oxygen atoms in total. The van der Waals surface area contributed by atoms with Gasteiger partial charge in [0, 0.05) is 12.2 Å². The van der Waals surface area contributed by atoms with Crippen molar-refractivity contribution in [1.82, 2.24) is 5.32 Å². The lowest BCUT2D eigenvalue weighted by Gasteiger charge is -2.40. The predicted molar refractivity (Wildman–Crippen MR) is 253 cm³/mol. The third-order valence-corrected chi connectivity index (χ3v) is 13.2. The SMILES string of the molecule is CCCCCCCCCCCCCCCCCCCCCCCCCC(=O)N[C@@H](CO[C@H]1O[C@H](CS)[C@H](O)[C@H](O)[C@H]1O)[C@H](O)[C@H](O)CCCCCCCCCCCCCC. The third-order valence-electron chi connectivity index (χ3n) is 12.8. The summed E-state index contributed by atoms with van der Waals surface area (Å²) in [4.78, 5) is 13.1. The van der Waals surface area contributed by atoms with Crippen LogP contribution in [0.1, 0.15) is 251 Å². The highest BCUT2D eigenvalue weighted by molar-refractivity contribution is 7.80. The van der Waals surface area contributed by atoms with Crippen LogP contribution in [0.15, 0.2) is 0 Å². The lowest BCUT2D eigenvalue weighted by molar-refractivity contribution is -0.294. The van der Waals surface area contributed by atoms with Gasteiger partial charge in [-0.05, 0) is 12.8 Å². The van der Waals surface area contributed by atoms with Gasteiger partial charge in [-0.2, -0.15) is 12.6 Å². The van der Waals surface area contributed by atoms with Crippen LogP contribution in [0.2, 0.25) is 0 Å². The van der Waals surface area contributed by atoms with Crippen molar-refractivity contribution in [3.05, 3.63) is 0 Å². The Morgan fingerprint density at radius 3 is 1.25 bits per heavy atom. The standard InChI is InChI=1S/C50H99NO8S/c1-3-5-7-9-11-13-15-17-18-19-20-21-22-23-24-25-26-27-29-31-33-35-37-39-45(53)51-42(40-58-50-49(57)48(56)47(55)44(41-60)59-50)46(54)43(52)38-36-34-32-30-28-16-14-12-10-8-6-4-2/h42-44,46-50,52,54-57,60H,3-41H2,1-2H3,(H,51,53)/t42-,43+,44+,46-,47-,48-,49+,50-/m0/s1. The molecule has 1 fully saturated rings. The molecule has 0 unspecified atom stereocenters. The monoisotopic (exact) mass is 874 g/mol. The molecule has 0 bridgehead atoms. The number of rotatable bonds is 44. The summed E-state index contributed by atoms with van der Waals surface area (Å²) >= 11 is 4.17. The molecule has 1 aliphatic heterocycles. The number of hydrogen-bond acceptors (Lipinski definition) is 9. The second-order valence-electron chi connectivity index (χ2n) is 18.5. The summed E-state index contributed by atoms with van der Waals surface area (Å²) < 4.78 is 11.4. The Morgan fingerprint density at radius 2 is 0.883 bits per heavy atom. The number of aliphatic hydroxyl groups is 5. The fourth-order valence-corrected chi connectivity index (χ4v) is 8.91. The molecule has 6 N–H and O–H groups in total. The van der Waals surface area contributed by atoms with Gasteiger partial charge in [0.15, 0.2) is 6.29 Å². The van der Waals surface area contributed by atoms with Crippen molar-refractivity contribution >= 4 is 18.5 Å². The van der Waals surface area contributed by atoms with E-state index in [1.807, 2.05) is 0 Å². The molecule has 60 heavy (non-hydrogen) atoms. The lowest BCUT2D eigenvalue weighted by atomic mass is 9.98. The number of thiol groups is 1. The van der Waals surface area contributed by atoms with Gasteiger partial charge in [-0.15, -0.1) is 0 Å². The number of aliphatic hydroxyl groups excluding tert-OH is 5. The molecule has 0 aromatic heterocycles. The number of hydrogen-bond donors (Lipinski definition) is 7. The van der Waals surface area contributed by atoms with Crippen LogP contribution in [-0.2, 0) is 14.3 Å². The van der Waals surface area contributed by atoms with Gasteiger partial charge in [0.1, 0.15) is 24.4 Å². The molecule has 358 valence electrons. The summed E-state index contributed by atoms with van der Waals surface area (Å²) in [6.45, 7) is 4.28. The van der Waals surface area contributed by atoms with Gasteiger partial charge in [-0.1, -0.05) is 232 Å². The highest BCUT2D eigenvalue weighted by Crippen LogP contribution is 2.24. The van der Waals surface area contributed by atoms with Crippen molar-refractivity contribution in [3.8, 4) is 0 Å². The summed E-state index contributed by atoms with van der Waals surface area (Å²) in [6.07, 6.45) is 36.6. The Bertz CT molecular complexity index is 931. The lowest BCUT2D eigenvalue weighted by Crippen LogP contribution is -2.60. The van der Waals surface area contributed by atoms with Gasteiger partial charge in [0.2, 0.25) is 5.91 Å². The van der Waals surface area contributed by atoms with Crippen molar-refractivity contribution in [2.75, 3.05) is 12.4 Å². The largest absolute Gasteiger partial charge is 0.390 e. The number of nitrogens with one attached hydrogen (secondary N) is 1. The summed E-state index contributed by atoms with van der Waals surface area (Å²) in [5.41, 5.74) is 0. The molecule has 1 amide bonds. The normalized spacial score (nSPS) is 21.0. The Morgan fingerprint density at radius 1 is 0.533 bits per heavy atom. The zero-order chi connectivity index (χ0) is 43.9. The molecule has 1 rings (SSSR count). The van der Waals surface area contributed by atoms with E-state index in [0.29, 0.717) is 12.8 Å². The fraction of sp³-hybridized carbons (Fsp3) is 0.980. The van der Waals surface area contributed by atoms with Crippen molar-refractivity contribution < 1.29 is 39.8 Å². The first-order valence-corrected chi connectivity index (χ1v) is 26.5. The maximum Gasteiger partial charge on any atom is 0.220 e. The first-order chi connectivity index (χ1) is 29.3. The number of ether oxygens (including phenoxy) is 2. The van der Waals surface area contributed by atoms with E-state index in [9.17, 15) is 30.3 Å². The third kappa shape index (κ3) is 30.6. The van der Waals surface area contributed by atoms with Crippen LogP contribution in [0.5, 0.6) is 0 Å². The minimum atomic E-state index is -1.52.